The fraction of sp³-hybridized carbons (Fsp3) is 0.368. The van der Waals surface area contributed by atoms with Crippen LogP contribution in [0.4, 0.5) is 9.59 Å². The smallest absolute Gasteiger partial charge is 0.416 e. The first-order chi connectivity index (χ1) is 13.5. The third-order valence-corrected chi connectivity index (χ3v) is 6.10. The van der Waals surface area contributed by atoms with E-state index in [-0.39, 0.29) is 25.6 Å². The molecule has 28 heavy (non-hydrogen) atoms. The van der Waals surface area contributed by atoms with Crippen molar-refractivity contribution < 1.29 is 24.2 Å². The number of nitrogens with zero attached hydrogens (tertiary/aromatic N) is 3. The summed E-state index contributed by atoms with van der Waals surface area (Å²) < 4.78 is 5.15. The molecule has 0 saturated carbocycles. The van der Waals surface area contributed by atoms with E-state index < -0.39 is 30.1 Å². The lowest BCUT2D eigenvalue weighted by atomic mass is 9.94. The molecular weight excluding hydrogens is 382 g/mol. The molecule has 4 rings (SSSR count). The summed E-state index contributed by atoms with van der Waals surface area (Å²) in [6.45, 7) is 0.364. The number of rotatable bonds is 4. The van der Waals surface area contributed by atoms with E-state index in [0.717, 1.165) is 5.56 Å². The predicted molar refractivity (Wildman–Crippen MR) is 100 cm³/mol. The van der Waals surface area contributed by atoms with Crippen molar-refractivity contribution >= 4 is 29.4 Å². The largest absolute Gasteiger partial charge is 0.465 e. The van der Waals surface area contributed by atoms with Crippen LogP contribution in [-0.2, 0) is 16.0 Å². The van der Waals surface area contributed by atoms with Gasteiger partial charge in [-0.15, -0.1) is 11.3 Å². The highest BCUT2D eigenvalue weighted by Gasteiger charge is 2.48. The maximum absolute atomic E-state index is 13.3. The van der Waals surface area contributed by atoms with Crippen molar-refractivity contribution in [2.75, 3.05) is 19.7 Å². The van der Waals surface area contributed by atoms with Crippen LogP contribution in [0.5, 0.6) is 0 Å². The standard InChI is InChI=1S/C19H19N3O5S/c23-17(15-10-21(18(24)25)9-14(15)16-20-6-7-28-16)22-13(11-27-19(22)26)8-12-4-2-1-3-5-12/h1-7,13-15H,8-11H2,(H,24,25)/t13-,14-,15-/m1/s1. The lowest BCUT2D eigenvalue weighted by molar-refractivity contribution is -0.133. The maximum atomic E-state index is 13.3. The third kappa shape index (κ3) is 3.45. The van der Waals surface area contributed by atoms with Crippen LogP contribution in [0.3, 0.4) is 0 Å². The van der Waals surface area contributed by atoms with Crippen LogP contribution in [0.2, 0.25) is 0 Å². The van der Waals surface area contributed by atoms with Crippen LogP contribution in [0.25, 0.3) is 0 Å². The van der Waals surface area contributed by atoms with E-state index in [0.29, 0.717) is 11.4 Å². The Bertz CT molecular complexity index is 873. The molecule has 0 radical (unpaired) electrons. The zero-order chi connectivity index (χ0) is 19.7. The molecule has 0 spiro atoms. The van der Waals surface area contributed by atoms with Gasteiger partial charge in [0.05, 0.1) is 17.0 Å². The second kappa shape index (κ2) is 7.59. The number of imide groups is 1. The minimum atomic E-state index is -1.08. The average Bonchev–Trinajstić information content (AvgIpc) is 3.41. The summed E-state index contributed by atoms with van der Waals surface area (Å²) in [6.07, 6.45) is 0.377. The van der Waals surface area contributed by atoms with Crippen LogP contribution < -0.4 is 0 Å². The quantitative estimate of drug-likeness (QED) is 0.845. The highest BCUT2D eigenvalue weighted by atomic mass is 32.1. The number of carbonyl (C=O) groups is 3. The molecular formula is C19H19N3O5S. The van der Waals surface area contributed by atoms with Crippen molar-refractivity contribution in [3.8, 4) is 0 Å². The van der Waals surface area contributed by atoms with Gasteiger partial charge in [-0.2, -0.15) is 0 Å². The fourth-order valence-corrected chi connectivity index (χ4v) is 4.62. The number of carboxylic acid groups (broad SMARTS) is 1. The lowest BCUT2D eigenvalue weighted by Gasteiger charge is -2.24. The topological polar surface area (TPSA) is 100 Å². The Labute approximate surface area is 165 Å². The number of hydrogen-bond donors (Lipinski definition) is 1. The van der Waals surface area contributed by atoms with E-state index in [4.69, 9.17) is 4.74 Å². The molecule has 2 saturated heterocycles. The minimum absolute atomic E-state index is 0.0419. The van der Waals surface area contributed by atoms with Crippen LogP contribution in [0.15, 0.2) is 41.9 Å². The van der Waals surface area contributed by atoms with Crippen molar-refractivity contribution in [1.29, 1.82) is 0 Å². The number of cyclic esters (lactones) is 1. The molecule has 8 nitrogen and oxygen atoms in total. The van der Waals surface area contributed by atoms with Crippen LogP contribution in [-0.4, -0.2) is 63.7 Å². The number of aromatic nitrogens is 1. The number of hydrogen-bond acceptors (Lipinski definition) is 6. The van der Waals surface area contributed by atoms with E-state index in [1.807, 2.05) is 30.3 Å². The van der Waals surface area contributed by atoms with Gasteiger partial charge in [-0.1, -0.05) is 30.3 Å². The lowest BCUT2D eigenvalue weighted by Crippen LogP contribution is -2.45. The molecule has 1 aromatic carbocycles. The van der Waals surface area contributed by atoms with Crippen LogP contribution in [0.1, 0.15) is 16.5 Å². The van der Waals surface area contributed by atoms with Gasteiger partial charge in [-0.05, 0) is 12.0 Å². The van der Waals surface area contributed by atoms with Crippen molar-refractivity contribution in [3.05, 3.63) is 52.5 Å². The number of thiazole rings is 1. The summed E-state index contributed by atoms with van der Waals surface area (Å²) in [7, 11) is 0. The van der Waals surface area contributed by atoms with Gasteiger partial charge < -0.3 is 14.7 Å². The van der Waals surface area contributed by atoms with E-state index in [2.05, 4.69) is 4.98 Å². The number of carbonyl (C=O) groups excluding carboxylic acids is 2. The molecule has 2 aliphatic rings. The predicted octanol–water partition coefficient (Wildman–Crippen LogP) is 2.43. The molecule has 2 fully saturated rings. The molecule has 2 aliphatic heterocycles. The Morgan fingerprint density at radius 1 is 1.25 bits per heavy atom. The second-order valence-corrected chi connectivity index (χ2v) is 7.83. The van der Waals surface area contributed by atoms with Gasteiger partial charge in [0.1, 0.15) is 6.61 Å². The van der Waals surface area contributed by atoms with Gasteiger partial charge in [0.15, 0.2) is 0 Å². The van der Waals surface area contributed by atoms with Gasteiger partial charge in [-0.3, -0.25) is 4.79 Å². The highest BCUT2D eigenvalue weighted by molar-refractivity contribution is 7.09. The molecule has 146 valence electrons. The first-order valence-corrected chi connectivity index (χ1v) is 9.83. The summed E-state index contributed by atoms with van der Waals surface area (Å²) in [6, 6.07) is 9.18. The van der Waals surface area contributed by atoms with Gasteiger partial charge in [0.2, 0.25) is 5.91 Å². The number of amides is 3. The van der Waals surface area contributed by atoms with E-state index in [9.17, 15) is 19.5 Å². The average molecular weight is 401 g/mol. The van der Waals surface area contributed by atoms with Gasteiger partial charge in [0.25, 0.3) is 0 Å². The Kier molecular flexibility index (Phi) is 4.99. The number of benzene rings is 1. The molecule has 9 heteroatoms. The molecule has 3 amide bonds. The first kappa shape index (κ1) is 18.4. The first-order valence-electron chi connectivity index (χ1n) is 8.95. The van der Waals surface area contributed by atoms with Crippen LogP contribution in [0, 0.1) is 5.92 Å². The van der Waals surface area contributed by atoms with Crippen molar-refractivity contribution in [1.82, 2.24) is 14.8 Å². The summed E-state index contributed by atoms with van der Waals surface area (Å²) in [5.74, 6) is -1.42. The second-order valence-electron chi connectivity index (χ2n) is 6.90. The molecule has 1 N–H and O–H groups in total. The summed E-state index contributed by atoms with van der Waals surface area (Å²) in [5.41, 5.74) is 0.999. The Hall–Kier alpha value is -2.94. The normalized spacial score (nSPS) is 24.4. The molecule has 2 aromatic rings. The number of likely N-dealkylation sites (tertiary alicyclic amines) is 1. The molecule has 0 aliphatic carbocycles. The monoisotopic (exact) mass is 401 g/mol. The Morgan fingerprint density at radius 2 is 2.04 bits per heavy atom. The zero-order valence-electron chi connectivity index (χ0n) is 14.9. The van der Waals surface area contributed by atoms with Gasteiger partial charge in [0, 0.05) is 30.6 Å². The number of ether oxygens (including phenoxy) is 1. The van der Waals surface area contributed by atoms with Crippen molar-refractivity contribution in [2.24, 2.45) is 5.92 Å². The molecule has 1 aromatic heterocycles. The summed E-state index contributed by atoms with van der Waals surface area (Å²) in [5, 5.41) is 11.9. The third-order valence-electron chi connectivity index (χ3n) is 5.19. The zero-order valence-corrected chi connectivity index (χ0v) is 15.7. The highest BCUT2D eigenvalue weighted by Crippen LogP contribution is 2.36. The SMILES string of the molecule is O=C(O)N1C[C@@H](C(=O)N2C(=O)OC[C@H]2Cc2ccccc2)[C@H](c2nccs2)C1. The van der Waals surface area contributed by atoms with Gasteiger partial charge in [-0.25, -0.2) is 19.5 Å². The minimum Gasteiger partial charge on any atom is -0.465 e. The molecule has 3 heterocycles. The summed E-state index contributed by atoms with van der Waals surface area (Å²) >= 11 is 1.38. The van der Waals surface area contributed by atoms with Crippen molar-refractivity contribution in [3.63, 3.8) is 0 Å². The van der Waals surface area contributed by atoms with E-state index in [1.54, 1.807) is 11.6 Å². The van der Waals surface area contributed by atoms with Gasteiger partial charge >= 0.3 is 12.2 Å². The maximum Gasteiger partial charge on any atom is 0.416 e. The van der Waals surface area contributed by atoms with E-state index in [1.165, 1.54) is 21.1 Å². The Morgan fingerprint density at radius 3 is 2.71 bits per heavy atom. The van der Waals surface area contributed by atoms with Crippen LogP contribution >= 0.6 is 11.3 Å². The molecule has 0 unspecified atom stereocenters. The fourth-order valence-electron chi connectivity index (χ4n) is 3.82. The Balaban J connectivity index is 1.58. The molecule has 0 bridgehead atoms. The molecule has 3 atom stereocenters. The van der Waals surface area contributed by atoms with E-state index >= 15 is 0 Å². The van der Waals surface area contributed by atoms with Crippen molar-refractivity contribution in [2.45, 2.75) is 18.4 Å². The summed E-state index contributed by atoms with van der Waals surface area (Å²) in [4.78, 5) is 43.8.